The molecule has 0 spiro atoms. The summed E-state index contributed by atoms with van der Waals surface area (Å²) in [6, 6.07) is 0. The van der Waals surface area contributed by atoms with Crippen LogP contribution < -0.4 is 5.73 Å². The van der Waals surface area contributed by atoms with Gasteiger partial charge in [0.1, 0.15) is 0 Å². The fourth-order valence-corrected chi connectivity index (χ4v) is 1.28. The summed E-state index contributed by atoms with van der Waals surface area (Å²) in [5.41, 5.74) is 5.39. The van der Waals surface area contributed by atoms with Crippen LogP contribution in [-0.2, 0) is 0 Å². The highest BCUT2D eigenvalue weighted by Crippen LogP contribution is 2.07. The zero-order valence-corrected chi connectivity index (χ0v) is 8.94. The van der Waals surface area contributed by atoms with Crippen LogP contribution in [0.1, 0.15) is 58.3 Å². The van der Waals surface area contributed by atoms with E-state index in [4.69, 9.17) is 5.73 Å². The van der Waals surface area contributed by atoms with E-state index in [1.165, 1.54) is 51.4 Å². The normalized spacial score (nSPS) is 8.77. The first-order valence-corrected chi connectivity index (χ1v) is 5.12. The van der Waals surface area contributed by atoms with Gasteiger partial charge in [-0.3, -0.25) is 0 Å². The maximum atomic E-state index is 5.39. The fourth-order valence-electron chi connectivity index (χ4n) is 1.28. The van der Waals surface area contributed by atoms with E-state index in [0.717, 1.165) is 6.54 Å². The van der Waals surface area contributed by atoms with E-state index in [2.05, 4.69) is 6.92 Å². The third-order valence-corrected chi connectivity index (χ3v) is 2.06. The topological polar surface area (TPSA) is 89.0 Å². The van der Waals surface area contributed by atoms with E-state index in [1.54, 1.807) is 0 Å². The SMILES string of the molecule is CCCCCCCCCCN.O.O. The van der Waals surface area contributed by atoms with Gasteiger partial charge in [0.25, 0.3) is 0 Å². The molecule has 0 aliphatic rings. The number of hydrogen-bond donors (Lipinski definition) is 1. The first kappa shape index (κ1) is 18.6. The van der Waals surface area contributed by atoms with Gasteiger partial charge >= 0.3 is 0 Å². The smallest absolute Gasteiger partial charge is 0.00773 e. The lowest BCUT2D eigenvalue weighted by atomic mass is 10.1. The van der Waals surface area contributed by atoms with Crippen molar-refractivity contribution in [2.24, 2.45) is 5.73 Å². The molecule has 13 heavy (non-hydrogen) atoms. The van der Waals surface area contributed by atoms with Crippen molar-refractivity contribution >= 4 is 0 Å². The summed E-state index contributed by atoms with van der Waals surface area (Å²) in [6.45, 7) is 3.13. The summed E-state index contributed by atoms with van der Waals surface area (Å²) < 4.78 is 0. The lowest BCUT2D eigenvalue weighted by Crippen LogP contribution is -1.97. The standard InChI is InChI=1S/C10H23N.2H2O/c1-2-3-4-5-6-7-8-9-10-11;;/h2-11H2,1H3;2*1H2. The van der Waals surface area contributed by atoms with Crippen LogP contribution in [0.4, 0.5) is 0 Å². The van der Waals surface area contributed by atoms with Crippen molar-refractivity contribution in [3.05, 3.63) is 0 Å². The van der Waals surface area contributed by atoms with Crippen molar-refractivity contribution in [2.45, 2.75) is 58.3 Å². The van der Waals surface area contributed by atoms with Gasteiger partial charge in [-0.25, -0.2) is 0 Å². The summed E-state index contributed by atoms with van der Waals surface area (Å²) >= 11 is 0. The van der Waals surface area contributed by atoms with Crippen molar-refractivity contribution in [2.75, 3.05) is 6.54 Å². The van der Waals surface area contributed by atoms with Crippen molar-refractivity contribution in [3.8, 4) is 0 Å². The van der Waals surface area contributed by atoms with Gasteiger partial charge in [-0.15, -0.1) is 0 Å². The summed E-state index contributed by atoms with van der Waals surface area (Å²) in [5.74, 6) is 0. The van der Waals surface area contributed by atoms with Crippen molar-refractivity contribution in [1.82, 2.24) is 0 Å². The molecule has 0 saturated heterocycles. The summed E-state index contributed by atoms with van der Waals surface area (Å²) in [6.07, 6.45) is 11.0. The van der Waals surface area contributed by atoms with Gasteiger partial charge in [-0.05, 0) is 13.0 Å². The van der Waals surface area contributed by atoms with E-state index in [1.807, 2.05) is 0 Å². The number of nitrogens with two attached hydrogens (primary N) is 1. The van der Waals surface area contributed by atoms with Gasteiger partial charge in [0.15, 0.2) is 0 Å². The van der Waals surface area contributed by atoms with Gasteiger partial charge in [0, 0.05) is 0 Å². The zero-order valence-electron chi connectivity index (χ0n) is 8.94. The highest BCUT2D eigenvalue weighted by Gasteiger charge is 1.89. The maximum Gasteiger partial charge on any atom is -0.00773 e. The molecular weight excluding hydrogens is 166 g/mol. The number of unbranched alkanes of at least 4 members (excludes halogenated alkanes) is 7. The van der Waals surface area contributed by atoms with E-state index in [0.29, 0.717) is 0 Å². The van der Waals surface area contributed by atoms with Crippen LogP contribution in [0.3, 0.4) is 0 Å². The molecule has 0 aromatic rings. The molecule has 0 aliphatic heterocycles. The largest absolute Gasteiger partial charge is 0.412 e. The number of hydrogen-bond acceptors (Lipinski definition) is 1. The average molecular weight is 193 g/mol. The second-order valence-electron chi connectivity index (χ2n) is 3.26. The molecular formula is C10H27NO2. The second kappa shape index (κ2) is 17.8. The third kappa shape index (κ3) is 18.7. The minimum absolute atomic E-state index is 0. The Morgan fingerprint density at radius 3 is 1.46 bits per heavy atom. The Balaban J connectivity index is -0.000000500. The Hall–Kier alpha value is -0.120. The minimum Gasteiger partial charge on any atom is -0.412 e. The fraction of sp³-hybridized carbons (Fsp3) is 1.00. The van der Waals surface area contributed by atoms with Crippen molar-refractivity contribution in [1.29, 1.82) is 0 Å². The van der Waals surface area contributed by atoms with Crippen LogP contribution in [0.25, 0.3) is 0 Å². The van der Waals surface area contributed by atoms with E-state index in [-0.39, 0.29) is 11.0 Å². The third-order valence-electron chi connectivity index (χ3n) is 2.06. The average Bonchev–Trinajstić information content (AvgIpc) is 2.03. The van der Waals surface area contributed by atoms with Gasteiger partial charge in [0.2, 0.25) is 0 Å². The molecule has 0 rings (SSSR count). The molecule has 0 aromatic carbocycles. The van der Waals surface area contributed by atoms with Crippen LogP contribution in [0.5, 0.6) is 0 Å². The lowest BCUT2D eigenvalue weighted by Gasteiger charge is -1.99. The highest BCUT2D eigenvalue weighted by atomic mass is 16.0. The first-order chi connectivity index (χ1) is 5.41. The second-order valence-corrected chi connectivity index (χ2v) is 3.26. The van der Waals surface area contributed by atoms with Gasteiger partial charge < -0.3 is 16.7 Å². The molecule has 0 atom stereocenters. The Morgan fingerprint density at radius 1 is 0.692 bits per heavy atom. The van der Waals surface area contributed by atoms with Crippen molar-refractivity contribution in [3.63, 3.8) is 0 Å². The molecule has 0 fully saturated rings. The van der Waals surface area contributed by atoms with Crippen LogP contribution in [0.15, 0.2) is 0 Å². The Bertz CT molecular complexity index is 61.9. The quantitative estimate of drug-likeness (QED) is 0.581. The van der Waals surface area contributed by atoms with Crippen LogP contribution in [0.2, 0.25) is 0 Å². The Morgan fingerprint density at radius 2 is 1.08 bits per heavy atom. The monoisotopic (exact) mass is 193 g/mol. The highest BCUT2D eigenvalue weighted by molar-refractivity contribution is 4.45. The predicted molar refractivity (Wildman–Crippen MR) is 58.9 cm³/mol. The Labute approximate surface area is 82.3 Å². The van der Waals surface area contributed by atoms with E-state index < -0.39 is 0 Å². The van der Waals surface area contributed by atoms with Crippen molar-refractivity contribution < 1.29 is 11.0 Å². The molecule has 0 heterocycles. The van der Waals surface area contributed by atoms with Gasteiger partial charge in [0.05, 0.1) is 0 Å². The molecule has 0 unspecified atom stereocenters. The minimum atomic E-state index is 0. The molecule has 3 nitrogen and oxygen atoms in total. The molecule has 0 aliphatic carbocycles. The molecule has 0 amide bonds. The molecule has 3 heteroatoms. The van der Waals surface area contributed by atoms with Gasteiger partial charge in [-0.1, -0.05) is 51.9 Å². The van der Waals surface area contributed by atoms with Crippen LogP contribution in [-0.4, -0.2) is 17.5 Å². The van der Waals surface area contributed by atoms with Gasteiger partial charge in [-0.2, -0.15) is 0 Å². The molecule has 0 saturated carbocycles. The maximum absolute atomic E-state index is 5.39. The van der Waals surface area contributed by atoms with Crippen LogP contribution in [0, 0.1) is 0 Å². The summed E-state index contributed by atoms with van der Waals surface area (Å²) in [5, 5.41) is 0. The van der Waals surface area contributed by atoms with E-state index in [9.17, 15) is 0 Å². The summed E-state index contributed by atoms with van der Waals surface area (Å²) in [7, 11) is 0. The number of rotatable bonds is 8. The zero-order chi connectivity index (χ0) is 8.36. The molecule has 6 N–H and O–H groups in total. The first-order valence-electron chi connectivity index (χ1n) is 5.12. The van der Waals surface area contributed by atoms with Crippen LogP contribution >= 0.6 is 0 Å². The Kier molecular flexibility index (Phi) is 25.5. The molecule has 0 aromatic heterocycles. The lowest BCUT2D eigenvalue weighted by molar-refractivity contribution is 0.578. The summed E-state index contributed by atoms with van der Waals surface area (Å²) in [4.78, 5) is 0. The predicted octanol–water partition coefficient (Wildman–Crippen LogP) is 1.44. The molecule has 84 valence electrons. The van der Waals surface area contributed by atoms with E-state index >= 15 is 0 Å². The molecule has 0 radical (unpaired) electrons. The molecule has 0 bridgehead atoms.